The topological polar surface area (TPSA) is 70.7 Å². The highest BCUT2D eigenvalue weighted by atomic mass is 79.9. The van der Waals surface area contributed by atoms with Gasteiger partial charge in [0, 0.05) is 16.2 Å². The molecule has 4 heterocycles. The van der Waals surface area contributed by atoms with Gasteiger partial charge < -0.3 is 9.30 Å². The van der Waals surface area contributed by atoms with Gasteiger partial charge in [0.25, 0.3) is 0 Å². The van der Waals surface area contributed by atoms with Gasteiger partial charge in [-0.15, -0.1) is 12.4 Å². The summed E-state index contributed by atoms with van der Waals surface area (Å²) in [5, 5.41) is 4.48. The molecule has 5 rings (SSSR count). The maximum absolute atomic E-state index is 13.2. The number of halogens is 5. The van der Waals surface area contributed by atoms with Crippen LogP contribution in [0.25, 0.3) is 17.1 Å². The number of hydrogen-bond donors (Lipinski definition) is 0. The molecule has 1 aliphatic heterocycles. The van der Waals surface area contributed by atoms with Crippen molar-refractivity contribution in [1.82, 2.24) is 29.3 Å². The minimum absolute atomic E-state index is 0. The molecule has 0 saturated carbocycles. The van der Waals surface area contributed by atoms with Crippen LogP contribution in [0.3, 0.4) is 0 Å². The van der Waals surface area contributed by atoms with E-state index in [1.807, 2.05) is 29.7 Å². The molecule has 4 aromatic rings. The third-order valence-electron chi connectivity index (χ3n) is 4.96. The maximum Gasteiger partial charge on any atom is 0.421 e. The molecule has 0 amide bonds. The Morgan fingerprint density at radius 1 is 1.19 bits per heavy atom. The smallest absolute Gasteiger partial charge is 0.421 e. The summed E-state index contributed by atoms with van der Waals surface area (Å²) < 4.78 is 49.5. The van der Waals surface area contributed by atoms with Crippen molar-refractivity contribution >= 4 is 28.3 Å². The SMILES string of the molecule is Cc1ncn2c1Cn1nc(COc3ncccc3C(F)(F)F)nc1-c1cc(Br)ccc1-2.Cl. The highest BCUT2D eigenvalue weighted by molar-refractivity contribution is 9.10. The average Bonchev–Trinajstić information content (AvgIpc) is 3.27. The molecule has 12 heteroatoms. The number of rotatable bonds is 3. The zero-order valence-corrected chi connectivity index (χ0v) is 18.9. The lowest BCUT2D eigenvalue weighted by molar-refractivity contribution is -0.139. The third-order valence-corrected chi connectivity index (χ3v) is 5.46. The fraction of sp³-hybridized carbons (Fsp3) is 0.200. The Balaban J connectivity index is 0.00000245. The third kappa shape index (κ3) is 3.86. The lowest BCUT2D eigenvalue weighted by Crippen LogP contribution is -2.11. The summed E-state index contributed by atoms with van der Waals surface area (Å²) in [6, 6.07) is 7.94. The Kier molecular flexibility index (Phi) is 5.72. The van der Waals surface area contributed by atoms with Crippen LogP contribution < -0.4 is 4.74 Å². The van der Waals surface area contributed by atoms with E-state index >= 15 is 0 Å². The standard InChI is InChI=1S/C20H14BrF3N6O.ClH/c1-11-16-8-30-18(13-7-12(21)4-5-15(13)29(16)10-26-11)27-17(28-30)9-31-19-14(20(22,23)24)3-2-6-25-19;/h2-7,10H,8-9H2,1H3;1H. The molecule has 7 nitrogen and oxygen atoms in total. The van der Waals surface area contributed by atoms with Gasteiger partial charge in [-0.2, -0.15) is 18.3 Å². The first-order valence-electron chi connectivity index (χ1n) is 9.23. The van der Waals surface area contributed by atoms with Crippen molar-refractivity contribution in [3.8, 4) is 23.0 Å². The molecule has 0 spiro atoms. The first kappa shape index (κ1) is 22.3. The molecule has 0 saturated heterocycles. The summed E-state index contributed by atoms with van der Waals surface area (Å²) in [5.41, 5.74) is 2.58. The molecule has 0 fully saturated rings. The van der Waals surface area contributed by atoms with Crippen molar-refractivity contribution in [3.05, 3.63) is 70.1 Å². The number of pyridine rings is 1. The zero-order valence-electron chi connectivity index (χ0n) is 16.5. The first-order chi connectivity index (χ1) is 14.8. The van der Waals surface area contributed by atoms with Crippen LogP contribution in [0, 0.1) is 6.92 Å². The van der Waals surface area contributed by atoms with Crippen LogP contribution in [0.15, 0.2) is 47.3 Å². The fourth-order valence-electron chi connectivity index (χ4n) is 3.51. The second-order valence-corrected chi connectivity index (χ2v) is 7.88. The number of aryl methyl sites for hydroxylation is 1. The second kappa shape index (κ2) is 8.21. The summed E-state index contributed by atoms with van der Waals surface area (Å²) in [6.07, 6.45) is -1.56. The molecule has 0 aliphatic carbocycles. The lowest BCUT2D eigenvalue weighted by Gasteiger charge is -2.11. The molecule has 0 unspecified atom stereocenters. The first-order valence-corrected chi connectivity index (χ1v) is 10.0. The molecule has 0 atom stereocenters. The largest absolute Gasteiger partial charge is 0.469 e. The van der Waals surface area contributed by atoms with Gasteiger partial charge in [-0.25, -0.2) is 19.6 Å². The number of imidazole rings is 1. The van der Waals surface area contributed by atoms with Crippen LogP contribution in [-0.4, -0.2) is 29.3 Å². The summed E-state index contributed by atoms with van der Waals surface area (Å²) in [6.45, 7) is 2.08. The highest BCUT2D eigenvalue weighted by Crippen LogP contribution is 2.36. The van der Waals surface area contributed by atoms with Gasteiger partial charge in [0.1, 0.15) is 5.56 Å². The van der Waals surface area contributed by atoms with E-state index in [1.54, 1.807) is 11.0 Å². The van der Waals surface area contributed by atoms with Gasteiger partial charge in [-0.05, 0) is 37.3 Å². The summed E-state index contributed by atoms with van der Waals surface area (Å²) in [7, 11) is 0. The number of alkyl halides is 3. The van der Waals surface area contributed by atoms with Crippen LogP contribution in [0.4, 0.5) is 13.2 Å². The van der Waals surface area contributed by atoms with Crippen LogP contribution in [0.2, 0.25) is 0 Å². The molecule has 1 aliphatic rings. The van der Waals surface area contributed by atoms with Gasteiger partial charge in [0.15, 0.2) is 18.3 Å². The molecule has 3 aromatic heterocycles. The minimum atomic E-state index is -4.57. The van der Waals surface area contributed by atoms with Crippen molar-refractivity contribution < 1.29 is 17.9 Å². The van der Waals surface area contributed by atoms with E-state index in [4.69, 9.17) is 4.74 Å². The monoisotopic (exact) mass is 526 g/mol. The molecule has 166 valence electrons. The average molecular weight is 528 g/mol. The summed E-state index contributed by atoms with van der Waals surface area (Å²) in [5.74, 6) is 0.345. The van der Waals surface area contributed by atoms with Crippen molar-refractivity contribution in [1.29, 1.82) is 0 Å². The van der Waals surface area contributed by atoms with E-state index in [1.165, 1.54) is 12.3 Å². The van der Waals surface area contributed by atoms with Crippen molar-refractivity contribution in [2.75, 3.05) is 0 Å². The van der Waals surface area contributed by atoms with Crippen LogP contribution in [0.1, 0.15) is 22.8 Å². The predicted octanol–water partition coefficient (Wildman–Crippen LogP) is 4.98. The van der Waals surface area contributed by atoms with Crippen molar-refractivity contribution in [2.45, 2.75) is 26.3 Å². The Bertz CT molecular complexity index is 1300. The Morgan fingerprint density at radius 3 is 2.78 bits per heavy atom. The molecular weight excluding hydrogens is 513 g/mol. The zero-order chi connectivity index (χ0) is 21.8. The lowest BCUT2D eigenvalue weighted by atomic mass is 10.1. The molecule has 32 heavy (non-hydrogen) atoms. The summed E-state index contributed by atoms with van der Waals surface area (Å²) >= 11 is 3.49. The van der Waals surface area contributed by atoms with Crippen LogP contribution in [0.5, 0.6) is 5.88 Å². The van der Waals surface area contributed by atoms with E-state index in [9.17, 15) is 13.2 Å². The minimum Gasteiger partial charge on any atom is -0.469 e. The van der Waals surface area contributed by atoms with Crippen LogP contribution >= 0.6 is 28.3 Å². The van der Waals surface area contributed by atoms with Crippen molar-refractivity contribution in [3.63, 3.8) is 0 Å². The Hall–Kier alpha value is -2.92. The second-order valence-electron chi connectivity index (χ2n) is 6.96. The number of nitrogens with zero attached hydrogens (tertiary/aromatic N) is 6. The molecular formula is C20H15BrClF3N6O. The van der Waals surface area contributed by atoms with E-state index in [-0.39, 0.29) is 24.8 Å². The van der Waals surface area contributed by atoms with E-state index < -0.39 is 17.6 Å². The fourth-order valence-corrected chi connectivity index (χ4v) is 3.88. The normalized spacial score (nSPS) is 12.3. The van der Waals surface area contributed by atoms with E-state index in [2.05, 4.69) is 36.0 Å². The number of ether oxygens (including phenoxy) is 1. The maximum atomic E-state index is 13.2. The molecule has 0 N–H and O–H groups in total. The van der Waals surface area contributed by atoms with E-state index in [0.717, 1.165) is 33.2 Å². The van der Waals surface area contributed by atoms with E-state index in [0.29, 0.717) is 12.4 Å². The summed E-state index contributed by atoms with van der Waals surface area (Å²) in [4.78, 5) is 12.7. The highest BCUT2D eigenvalue weighted by Gasteiger charge is 2.35. The molecule has 1 aromatic carbocycles. The number of aromatic nitrogens is 6. The van der Waals surface area contributed by atoms with Crippen LogP contribution in [-0.2, 0) is 19.3 Å². The van der Waals surface area contributed by atoms with Gasteiger partial charge in [-0.1, -0.05) is 15.9 Å². The van der Waals surface area contributed by atoms with Gasteiger partial charge in [0.2, 0.25) is 5.88 Å². The van der Waals surface area contributed by atoms with Crippen molar-refractivity contribution in [2.24, 2.45) is 0 Å². The Morgan fingerprint density at radius 2 is 2.00 bits per heavy atom. The van der Waals surface area contributed by atoms with Gasteiger partial charge in [-0.3, -0.25) is 0 Å². The predicted molar refractivity (Wildman–Crippen MR) is 115 cm³/mol. The number of benzene rings is 1. The number of hydrogen-bond acceptors (Lipinski definition) is 5. The number of fused-ring (bicyclic) bond motifs is 5. The molecule has 0 bridgehead atoms. The van der Waals surface area contributed by atoms with Gasteiger partial charge >= 0.3 is 6.18 Å². The quantitative estimate of drug-likeness (QED) is 0.331. The van der Waals surface area contributed by atoms with Gasteiger partial charge in [0.05, 0.1) is 29.9 Å². The molecule has 0 radical (unpaired) electrons. The Labute approximate surface area is 194 Å².